The number of carbonyl (C=O) groups is 2. The molecule has 2 rings (SSSR count). The van der Waals surface area contributed by atoms with E-state index in [1.165, 1.54) is 24.3 Å². The van der Waals surface area contributed by atoms with Gasteiger partial charge in [-0.05, 0) is 47.1 Å². The molecule has 0 saturated carbocycles. The van der Waals surface area contributed by atoms with E-state index in [-0.39, 0.29) is 35.8 Å². The molecular weight excluding hydrogens is 403 g/mol. The average molecular weight is 425 g/mol. The molecule has 1 atom stereocenters. The first-order valence-corrected chi connectivity index (χ1v) is 9.06. The highest BCUT2D eigenvalue weighted by Gasteiger charge is 2.30. The summed E-state index contributed by atoms with van der Waals surface area (Å²) in [5, 5.41) is 10.8. The summed E-state index contributed by atoms with van der Waals surface area (Å²) in [6.07, 6.45) is 1.54. The van der Waals surface area contributed by atoms with Gasteiger partial charge in [0.1, 0.15) is 11.5 Å². The predicted molar refractivity (Wildman–Crippen MR) is 102 cm³/mol. The summed E-state index contributed by atoms with van der Waals surface area (Å²) in [5.41, 5.74) is 0.363. The lowest BCUT2D eigenvalue weighted by atomic mass is 10.1. The Morgan fingerprint density at radius 1 is 1.35 bits per heavy atom. The van der Waals surface area contributed by atoms with Gasteiger partial charge in [-0.1, -0.05) is 0 Å². The van der Waals surface area contributed by atoms with Crippen LogP contribution < -0.4 is 5.32 Å². The molecule has 1 fully saturated rings. The molecule has 26 heavy (non-hydrogen) atoms. The standard InChI is InChI=1S/C18H22BrFN4O2/c1-12-10-23(11-16(25)13-3-5-14(20)6-4-13)7-8-24(12)18(26)17(21)15(19)9-22-2/h3-6,9,12,21-22H,7-8,10-11H2,1-2H3/b15-9+,21-17?/t12-/m0/s1. The van der Waals surface area contributed by atoms with E-state index in [4.69, 9.17) is 5.41 Å². The first kappa shape index (κ1) is 20.3. The Kier molecular flexibility index (Phi) is 7.05. The van der Waals surface area contributed by atoms with Gasteiger partial charge < -0.3 is 10.2 Å². The molecule has 0 aliphatic carbocycles. The molecule has 8 heteroatoms. The second-order valence-electron chi connectivity index (χ2n) is 6.17. The molecule has 0 unspecified atom stereocenters. The van der Waals surface area contributed by atoms with Gasteiger partial charge in [0.15, 0.2) is 5.78 Å². The maximum absolute atomic E-state index is 13.0. The molecule has 1 saturated heterocycles. The Balaban J connectivity index is 1.94. The van der Waals surface area contributed by atoms with E-state index >= 15 is 0 Å². The van der Waals surface area contributed by atoms with E-state index < -0.39 is 0 Å². The van der Waals surface area contributed by atoms with Crippen molar-refractivity contribution in [3.05, 3.63) is 46.3 Å². The van der Waals surface area contributed by atoms with E-state index in [1.54, 1.807) is 18.1 Å². The van der Waals surface area contributed by atoms with Gasteiger partial charge in [0.2, 0.25) is 0 Å². The first-order valence-electron chi connectivity index (χ1n) is 8.27. The van der Waals surface area contributed by atoms with Crippen LogP contribution in [0.2, 0.25) is 0 Å². The second kappa shape index (κ2) is 9.05. The topological polar surface area (TPSA) is 76.5 Å². The largest absolute Gasteiger partial charge is 0.393 e. The third-order valence-corrected chi connectivity index (χ3v) is 4.86. The molecule has 6 nitrogen and oxygen atoms in total. The summed E-state index contributed by atoms with van der Waals surface area (Å²) in [6.45, 7) is 3.65. The fourth-order valence-electron chi connectivity index (χ4n) is 2.85. The lowest BCUT2D eigenvalue weighted by molar-refractivity contribution is -0.128. The van der Waals surface area contributed by atoms with Crippen molar-refractivity contribution >= 4 is 33.3 Å². The third kappa shape index (κ3) is 4.98. The van der Waals surface area contributed by atoms with Crippen LogP contribution in [0.4, 0.5) is 4.39 Å². The molecule has 0 bridgehead atoms. The number of ketones is 1. The Labute approximate surface area is 160 Å². The number of piperazine rings is 1. The van der Waals surface area contributed by atoms with Crippen LogP contribution in [0.3, 0.4) is 0 Å². The molecule has 1 aromatic carbocycles. The Morgan fingerprint density at radius 2 is 2.00 bits per heavy atom. The molecule has 1 heterocycles. The molecule has 1 amide bonds. The van der Waals surface area contributed by atoms with Gasteiger partial charge in [0, 0.05) is 44.5 Å². The zero-order valence-electron chi connectivity index (χ0n) is 14.8. The summed E-state index contributed by atoms with van der Waals surface area (Å²) in [5.74, 6) is -0.798. The van der Waals surface area contributed by atoms with Crippen molar-refractivity contribution in [2.75, 3.05) is 33.2 Å². The third-order valence-electron chi connectivity index (χ3n) is 4.23. The van der Waals surface area contributed by atoms with E-state index in [0.717, 1.165) is 0 Å². The number of nitrogens with zero attached hydrogens (tertiary/aromatic N) is 2. The van der Waals surface area contributed by atoms with E-state index in [9.17, 15) is 14.0 Å². The molecule has 1 aromatic rings. The van der Waals surface area contributed by atoms with Gasteiger partial charge in [0.05, 0.1) is 11.0 Å². The monoisotopic (exact) mass is 424 g/mol. The number of halogens is 2. The Hall–Kier alpha value is -2.06. The second-order valence-corrected chi connectivity index (χ2v) is 7.02. The van der Waals surface area contributed by atoms with Crippen LogP contribution in [-0.2, 0) is 4.79 Å². The lowest BCUT2D eigenvalue weighted by Crippen LogP contribution is -2.56. The highest BCUT2D eigenvalue weighted by atomic mass is 79.9. The van der Waals surface area contributed by atoms with E-state index in [0.29, 0.717) is 29.7 Å². The van der Waals surface area contributed by atoms with E-state index in [2.05, 4.69) is 21.2 Å². The normalized spacial score (nSPS) is 18.5. The van der Waals surface area contributed by atoms with E-state index in [1.807, 2.05) is 11.8 Å². The molecule has 0 spiro atoms. The smallest absolute Gasteiger partial charge is 0.273 e. The summed E-state index contributed by atoms with van der Waals surface area (Å²) >= 11 is 3.21. The number of amides is 1. The van der Waals surface area contributed by atoms with Crippen molar-refractivity contribution in [3.63, 3.8) is 0 Å². The van der Waals surface area contributed by atoms with Gasteiger partial charge in [-0.2, -0.15) is 0 Å². The average Bonchev–Trinajstić information content (AvgIpc) is 2.61. The maximum atomic E-state index is 13.0. The summed E-state index contributed by atoms with van der Waals surface area (Å²) in [7, 11) is 1.69. The van der Waals surface area contributed by atoms with Crippen LogP contribution in [-0.4, -0.2) is 66.5 Å². The number of hydrogen-bond donors (Lipinski definition) is 2. The van der Waals surface area contributed by atoms with Gasteiger partial charge in [-0.3, -0.25) is 19.9 Å². The number of Topliss-reactive ketones (excluding diaryl/α,β-unsaturated/α-hetero) is 1. The van der Waals surface area contributed by atoms with Gasteiger partial charge in [0.25, 0.3) is 5.91 Å². The fourth-order valence-corrected chi connectivity index (χ4v) is 3.25. The number of nitrogens with one attached hydrogen (secondary N) is 2. The van der Waals surface area contributed by atoms with Crippen LogP contribution in [0, 0.1) is 11.2 Å². The molecular formula is C18H22BrFN4O2. The summed E-state index contributed by atoms with van der Waals surface area (Å²) in [4.78, 5) is 28.4. The van der Waals surface area contributed by atoms with Crippen LogP contribution in [0.1, 0.15) is 17.3 Å². The van der Waals surface area contributed by atoms with Crippen molar-refractivity contribution in [1.82, 2.24) is 15.1 Å². The molecule has 1 aliphatic rings. The minimum atomic E-state index is -0.372. The van der Waals surface area contributed by atoms with Crippen LogP contribution >= 0.6 is 15.9 Å². The van der Waals surface area contributed by atoms with Gasteiger partial charge in [-0.15, -0.1) is 0 Å². The van der Waals surface area contributed by atoms with Crippen molar-refractivity contribution in [3.8, 4) is 0 Å². The Morgan fingerprint density at radius 3 is 2.58 bits per heavy atom. The number of carbonyl (C=O) groups excluding carboxylic acids is 2. The van der Waals surface area contributed by atoms with Crippen LogP contribution in [0.25, 0.3) is 0 Å². The number of hydrogen-bond acceptors (Lipinski definition) is 5. The zero-order valence-corrected chi connectivity index (χ0v) is 16.3. The van der Waals surface area contributed by atoms with Crippen molar-refractivity contribution < 1.29 is 14.0 Å². The molecule has 0 aromatic heterocycles. The number of rotatable bonds is 6. The summed E-state index contributed by atoms with van der Waals surface area (Å²) in [6, 6.07) is 5.39. The molecule has 1 aliphatic heterocycles. The van der Waals surface area contributed by atoms with Crippen molar-refractivity contribution in [2.24, 2.45) is 0 Å². The minimum Gasteiger partial charge on any atom is -0.393 e. The Bertz CT molecular complexity index is 720. The maximum Gasteiger partial charge on any atom is 0.273 e. The molecule has 2 N–H and O–H groups in total. The molecule has 140 valence electrons. The highest BCUT2D eigenvalue weighted by molar-refractivity contribution is 9.12. The number of benzene rings is 1. The first-order chi connectivity index (χ1) is 12.3. The lowest BCUT2D eigenvalue weighted by Gasteiger charge is -2.39. The van der Waals surface area contributed by atoms with Crippen molar-refractivity contribution in [1.29, 1.82) is 5.41 Å². The quantitative estimate of drug-likeness (QED) is 0.540. The van der Waals surface area contributed by atoms with Gasteiger partial charge >= 0.3 is 0 Å². The SMILES string of the molecule is CN/C=C(/Br)C(=N)C(=O)N1CCN(CC(=O)c2ccc(F)cc2)C[C@@H]1C. The predicted octanol–water partition coefficient (Wildman–Crippen LogP) is 2.02. The zero-order chi connectivity index (χ0) is 19.3. The highest BCUT2D eigenvalue weighted by Crippen LogP contribution is 2.15. The van der Waals surface area contributed by atoms with Gasteiger partial charge in [-0.25, -0.2) is 4.39 Å². The summed E-state index contributed by atoms with van der Waals surface area (Å²) < 4.78 is 13.4. The van der Waals surface area contributed by atoms with Crippen LogP contribution in [0.5, 0.6) is 0 Å². The fraction of sp³-hybridized carbons (Fsp3) is 0.389. The van der Waals surface area contributed by atoms with Crippen molar-refractivity contribution in [2.45, 2.75) is 13.0 Å². The minimum absolute atomic E-state index is 0.0792. The molecule has 0 radical (unpaired) electrons. The van der Waals surface area contributed by atoms with Crippen LogP contribution in [0.15, 0.2) is 34.9 Å².